The molecule has 5 rings (SSSR count). The van der Waals surface area contributed by atoms with E-state index in [0.717, 1.165) is 22.5 Å². The smallest absolute Gasteiger partial charge is 0.311 e. The van der Waals surface area contributed by atoms with E-state index in [9.17, 15) is 10.1 Å². The van der Waals surface area contributed by atoms with Crippen LogP contribution in [0.1, 0.15) is 23.7 Å². The molecule has 0 saturated heterocycles. The van der Waals surface area contributed by atoms with E-state index in [1.165, 1.54) is 6.07 Å². The van der Waals surface area contributed by atoms with E-state index in [1.54, 1.807) is 16.8 Å². The fourth-order valence-electron chi connectivity index (χ4n) is 4.55. The lowest BCUT2D eigenvalue weighted by molar-refractivity contribution is -0.386. The summed E-state index contributed by atoms with van der Waals surface area (Å²) in [5, 5.41) is 16.9. The Hall–Kier alpha value is -3.06. The third-order valence-corrected chi connectivity index (χ3v) is 6.24. The quantitative estimate of drug-likeness (QED) is 0.459. The highest BCUT2D eigenvalue weighted by Crippen LogP contribution is 2.55. The Balaban J connectivity index is 1.76. The number of benzene rings is 2. The van der Waals surface area contributed by atoms with Gasteiger partial charge in [-0.1, -0.05) is 36.7 Å². The zero-order valence-electron chi connectivity index (χ0n) is 15.9. The molecule has 0 radical (unpaired) electrons. The molecule has 0 amide bonds. The molecule has 148 valence electrons. The second kappa shape index (κ2) is 6.22. The van der Waals surface area contributed by atoms with Gasteiger partial charge in [0.15, 0.2) is 0 Å². The number of nitro groups is 1. The number of halogens is 1. The predicted molar refractivity (Wildman–Crippen MR) is 107 cm³/mol. The van der Waals surface area contributed by atoms with Crippen LogP contribution >= 0.6 is 11.6 Å². The van der Waals surface area contributed by atoms with Crippen LogP contribution in [0.5, 0.6) is 11.6 Å². The second-order valence-corrected chi connectivity index (χ2v) is 8.03. The maximum absolute atomic E-state index is 11.5. The highest BCUT2D eigenvalue weighted by Gasteiger charge is 2.52. The zero-order valence-corrected chi connectivity index (χ0v) is 16.6. The van der Waals surface area contributed by atoms with Gasteiger partial charge in [0.1, 0.15) is 0 Å². The largest absolute Gasteiger partial charge is 0.486 e. The molecule has 0 bridgehead atoms. The lowest BCUT2D eigenvalue weighted by Gasteiger charge is -2.45. The van der Waals surface area contributed by atoms with Crippen LogP contribution in [0.2, 0.25) is 5.02 Å². The summed E-state index contributed by atoms with van der Waals surface area (Å²) >= 11 is 6.17. The Morgan fingerprint density at radius 2 is 2.00 bits per heavy atom. The maximum Gasteiger partial charge on any atom is 0.311 e. The molecule has 29 heavy (non-hydrogen) atoms. The Kier molecular flexibility index (Phi) is 3.86. The topological polar surface area (TPSA) is 79.4 Å². The first-order valence-electron chi connectivity index (χ1n) is 9.30. The summed E-state index contributed by atoms with van der Waals surface area (Å²) in [4.78, 5) is 11.1. The number of nitrogens with zero attached hydrogens (tertiary/aromatic N) is 3. The van der Waals surface area contributed by atoms with Gasteiger partial charge in [0.2, 0.25) is 11.6 Å². The SMILES string of the molecule is Cc1nn(-c2cccc(Cl)c2)c2c1[C@]1(C)c3cccc([N+](=O)[O-])c3OC[C@@H]1CO2. The molecule has 0 saturated carbocycles. The number of hydrogen-bond acceptors (Lipinski definition) is 5. The van der Waals surface area contributed by atoms with Crippen molar-refractivity contribution in [3.05, 3.63) is 74.4 Å². The van der Waals surface area contributed by atoms with Crippen molar-refractivity contribution in [2.45, 2.75) is 19.3 Å². The summed E-state index contributed by atoms with van der Waals surface area (Å²) in [5.41, 5.74) is 2.80. The molecular weight excluding hydrogens is 394 g/mol. The van der Waals surface area contributed by atoms with Crippen molar-refractivity contribution in [1.82, 2.24) is 9.78 Å². The molecule has 2 aliphatic rings. The van der Waals surface area contributed by atoms with Crippen molar-refractivity contribution in [3.8, 4) is 17.3 Å². The lowest BCUT2D eigenvalue weighted by atomic mass is 9.65. The standard InChI is InChI=1S/C21H18ClN3O4/c1-12-18-20(24(23-12)15-6-3-5-14(22)9-15)29-11-13-10-28-19-16(21(13,18)2)7-4-8-17(19)25(26)27/h3-9,13H,10-11H2,1-2H3/t13-,21+/m1/s1. The molecule has 0 spiro atoms. The average Bonchev–Trinajstić information content (AvgIpc) is 3.05. The third-order valence-electron chi connectivity index (χ3n) is 6.01. The molecule has 3 heterocycles. The van der Waals surface area contributed by atoms with Crippen LogP contribution in [0, 0.1) is 23.0 Å². The fourth-order valence-corrected chi connectivity index (χ4v) is 4.74. The summed E-state index contributed by atoms with van der Waals surface area (Å²) in [5.74, 6) is 0.988. The van der Waals surface area contributed by atoms with E-state index in [2.05, 4.69) is 6.92 Å². The highest BCUT2D eigenvalue weighted by atomic mass is 35.5. The number of rotatable bonds is 2. The average molecular weight is 412 g/mol. The van der Waals surface area contributed by atoms with E-state index in [0.29, 0.717) is 29.9 Å². The van der Waals surface area contributed by atoms with Gasteiger partial charge in [-0.05, 0) is 25.1 Å². The number of aryl methyl sites for hydroxylation is 1. The third kappa shape index (κ3) is 2.47. The Morgan fingerprint density at radius 1 is 1.24 bits per heavy atom. The Morgan fingerprint density at radius 3 is 2.76 bits per heavy atom. The van der Waals surface area contributed by atoms with Crippen LogP contribution in [0.15, 0.2) is 42.5 Å². The summed E-state index contributed by atoms with van der Waals surface area (Å²) in [6, 6.07) is 12.5. The van der Waals surface area contributed by atoms with Gasteiger partial charge in [-0.2, -0.15) is 5.10 Å². The first-order valence-corrected chi connectivity index (χ1v) is 9.68. The number of fused-ring (bicyclic) bond motifs is 5. The molecule has 2 aromatic carbocycles. The molecule has 8 heteroatoms. The molecule has 0 fully saturated rings. The summed E-state index contributed by atoms with van der Waals surface area (Å²) in [6.07, 6.45) is 0. The van der Waals surface area contributed by atoms with Crippen LogP contribution < -0.4 is 9.47 Å². The van der Waals surface area contributed by atoms with Crippen molar-refractivity contribution >= 4 is 17.3 Å². The van der Waals surface area contributed by atoms with E-state index in [-0.39, 0.29) is 11.6 Å². The molecule has 0 N–H and O–H groups in total. The minimum absolute atomic E-state index is 0.0141. The zero-order chi connectivity index (χ0) is 20.3. The minimum atomic E-state index is -0.520. The van der Waals surface area contributed by atoms with Gasteiger partial charge >= 0.3 is 5.69 Å². The van der Waals surface area contributed by atoms with Gasteiger partial charge in [-0.15, -0.1) is 0 Å². The van der Waals surface area contributed by atoms with Crippen molar-refractivity contribution in [1.29, 1.82) is 0 Å². The normalized spacial score (nSPS) is 22.0. The maximum atomic E-state index is 11.5. The number of aromatic nitrogens is 2. The molecule has 2 aliphatic heterocycles. The number of ether oxygens (including phenoxy) is 2. The van der Waals surface area contributed by atoms with Gasteiger partial charge in [0.25, 0.3) is 0 Å². The Labute approximate surface area is 172 Å². The lowest BCUT2D eigenvalue weighted by Crippen LogP contribution is -2.47. The van der Waals surface area contributed by atoms with Gasteiger partial charge < -0.3 is 9.47 Å². The first kappa shape index (κ1) is 18.0. The monoisotopic (exact) mass is 411 g/mol. The summed E-state index contributed by atoms with van der Waals surface area (Å²) in [7, 11) is 0. The first-order chi connectivity index (χ1) is 13.9. The number of hydrogen-bond donors (Lipinski definition) is 0. The number of para-hydroxylation sites is 1. The van der Waals surface area contributed by atoms with Crippen molar-refractivity contribution in [2.75, 3.05) is 13.2 Å². The molecule has 0 aliphatic carbocycles. The van der Waals surface area contributed by atoms with Crippen LogP contribution in [-0.4, -0.2) is 27.9 Å². The summed E-state index contributed by atoms with van der Waals surface area (Å²) in [6.45, 7) is 4.80. The molecule has 7 nitrogen and oxygen atoms in total. The van der Waals surface area contributed by atoms with Gasteiger partial charge in [-0.25, -0.2) is 4.68 Å². The van der Waals surface area contributed by atoms with Gasteiger partial charge in [0.05, 0.1) is 29.5 Å². The van der Waals surface area contributed by atoms with Crippen LogP contribution in [0.4, 0.5) is 5.69 Å². The van der Waals surface area contributed by atoms with Crippen molar-refractivity contribution in [2.24, 2.45) is 5.92 Å². The molecule has 0 unspecified atom stereocenters. The van der Waals surface area contributed by atoms with E-state index in [4.69, 9.17) is 26.2 Å². The van der Waals surface area contributed by atoms with Gasteiger partial charge in [-0.3, -0.25) is 10.1 Å². The van der Waals surface area contributed by atoms with Crippen LogP contribution in [0.25, 0.3) is 5.69 Å². The van der Waals surface area contributed by atoms with E-state index < -0.39 is 10.3 Å². The molecule has 1 aromatic heterocycles. The van der Waals surface area contributed by atoms with Crippen molar-refractivity contribution < 1.29 is 14.4 Å². The minimum Gasteiger partial charge on any atom is -0.486 e. The fraction of sp³-hybridized carbons (Fsp3) is 0.286. The van der Waals surface area contributed by atoms with E-state index >= 15 is 0 Å². The second-order valence-electron chi connectivity index (χ2n) is 7.59. The van der Waals surface area contributed by atoms with Crippen molar-refractivity contribution in [3.63, 3.8) is 0 Å². The highest BCUT2D eigenvalue weighted by molar-refractivity contribution is 6.30. The predicted octanol–water partition coefficient (Wildman–Crippen LogP) is 4.45. The van der Waals surface area contributed by atoms with Crippen LogP contribution in [0.3, 0.4) is 0 Å². The summed E-state index contributed by atoms with van der Waals surface area (Å²) < 4.78 is 13.7. The molecular formula is C21H18ClN3O4. The molecule has 2 atom stereocenters. The van der Waals surface area contributed by atoms with Crippen LogP contribution in [-0.2, 0) is 5.41 Å². The molecule has 3 aromatic rings. The number of nitro benzene ring substituents is 1. The Bertz CT molecular complexity index is 1160. The van der Waals surface area contributed by atoms with Gasteiger partial charge in [0, 0.05) is 33.5 Å². The van der Waals surface area contributed by atoms with E-state index in [1.807, 2.05) is 31.2 Å².